The molecular weight excluding hydrogens is 330 g/mol. The largest absolute Gasteiger partial charge is 0.477 e. The molecule has 2 fully saturated rings. The average Bonchev–Trinajstić information content (AvgIpc) is 3.05. The van der Waals surface area contributed by atoms with Crippen molar-refractivity contribution < 1.29 is 14.7 Å². The molecule has 6 nitrogen and oxygen atoms in total. The quantitative estimate of drug-likeness (QED) is 0.827. The second kappa shape index (κ2) is 5.51. The summed E-state index contributed by atoms with van der Waals surface area (Å²) >= 11 is 0. The molecule has 1 aromatic carbocycles. The SMILES string of the molecule is O=C(O)C1=C(C=Cc2cnc3ccccc3c2)CC2CNC3C(=O)N1[C@H]23. The summed E-state index contributed by atoms with van der Waals surface area (Å²) in [7, 11) is 0. The number of aromatic nitrogens is 1. The number of amides is 1. The average molecular weight is 347 g/mol. The number of carboxylic acids is 1. The molecule has 1 aromatic heterocycles. The molecule has 2 N–H and O–H groups in total. The lowest BCUT2D eigenvalue weighted by atomic mass is 9.79. The van der Waals surface area contributed by atoms with Gasteiger partial charge < -0.3 is 10.4 Å². The van der Waals surface area contributed by atoms with Gasteiger partial charge in [0.15, 0.2) is 0 Å². The number of aliphatic carboxylic acids is 1. The van der Waals surface area contributed by atoms with Crippen LogP contribution < -0.4 is 5.32 Å². The maximum atomic E-state index is 12.3. The van der Waals surface area contributed by atoms with Crippen LogP contribution in [0.5, 0.6) is 0 Å². The minimum absolute atomic E-state index is 0.00640. The predicted octanol–water partition coefficient (Wildman–Crippen LogP) is 1.79. The molecule has 0 spiro atoms. The highest BCUT2D eigenvalue weighted by atomic mass is 16.4. The summed E-state index contributed by atoms with van der Waals surface area (Å²) in [4.78, 5) is 30.0. The van der Waals surface area contributed by atoms with Crippen LogP contribution in [0.15, 0.2) is 53.9 Å². The number of carboxylic acid groups (broad SMARTS) is 1. The van der Waals surface area contributed by atoms with Crippen LogP contribution in [-0.4, -0.2) is 45.5 Å². The topological polar surface area (TPSA) is 82.5 Å². The van der Waals surface area contributed by atoms with Gasteiger partial charge in [-0.25, -0.2) is 4.79 Å². The number of benzene rings is 1. The molecule has 4 heterocycles. The van der Waals surface area contributed by atoms with Crippen molar-refractivity contribution in [3.05, 3.63) is 59.4 Å². The molecule has 0 aliphatic carbocycles. The van der Waals surface area contributed by atoms with E-state index >= 15 is 0 Å². The first kappa shape index (κ1) is 15.3. The number of allylic oxidation sites excluding steroid dienone is 2. The molecule has 5 rings (SSSR count). The fourth-order valence-electron chi connectivity index (χ4n) is 4.35. The van der Waals surface area contributed by atoms with E-state index in [0.29, 0.717) is 12.0 Å². The number of carbonyl (C=O) groups is 2. The van der Waals surface area contributed by atoms with Crippen LogP contribution in [0.1, 0.15) is 12.0 Å². The number of nitrogens with one attached hydrogen (secondary N) is 1. The van der Waals surface area contributed by atoms with Gasteiger partial charge in [0.2, 0.25) is 5.91 Å². The van der Waals surface area contributed by atoms with Crippen LogP contribution in [0.4, 0.5) is 0 Å². The van der Waals surface area contributed by atoms with Crippen molar-refractivity contribution in [1.82, 2.24) is 15.2 Å². The Morgan fingerprint density at radius 2 is 2.15 bits per heavy atom. The molecule has 0 radical (unpaired) electrons. The zero-order valence-corrected chi connectivity index (χ0v) is 13.9. The zero-order valence-electron chi connectivity index (χ0n) is 13.9. The third-order valence-electron chi connectivity index (χ3n) is 5.54. The van der Waals surface area contributed by atoms with Crippen molar-refractivity contribution >= 4 is 28.9 Å². The van der Waals surface area contributed by atoms with Crippen LogP contribution in [0.3, 0.4) is 0 Å². The highest BCUT2D eigenvalue weighted by molar-refractivity contribution is 6.01. The van der Waals surface area contributed by atoms with Crippen molar-refractivity contribution in [1.29, 1.82) is 0 Å². The van der Waals surface area contributed by atoms with E-state index in [1.807, 2.05) is 42.5 Å². The minimum atomic E-state index is -1.04. The molecule has 3 atom stereocenters. The van der Waals surface area contributed by atoms with Crippen molar-refractivity contribution in [2.45, 2.75) is 18.5 Å². The molecule has 3 aliphatic rings. The number of fused-ring (bicyclic) bond motifs is 1. The lowest BCUT2D eigenvalue weighted by Gasteiger charge is -2.48. The van der Waals surface area contributed by atoms with Crippen molar-refractivity contribution in [2.24, 2.45) is 5.92 Å². The second-order valence-electron chi connectivity index (χ2n) is 7.02. The third-order valence-corrected chi connectivity index (χ3v) is 5.54. The lowest BCUT2D eigenvalue weighted by Crippen LogP contribution is -2.68. The number of rotatable bonds is 3. The first-order valence-electron chi connectivity index (χ1n) is 8.69. The highest BCUT2D eigenvalue weighted by Gasteiger charge is 2.59. The van der Waals surface area contributed by atoms with Gasteiger partial charge in [0, 0.05) is 18.1 Å². The van der Waals surface area contributed by atoms with Crippen LogP contribution in [0.25, 0.3) is 17.0 Å². The van der Waals surface area contributed by atoms with Gasteiger partial charge in [0.25, 0.3) is 0 Å². The molecule has 0 bridgehead atoms. The Kier molecular flexibility index (Phi) is 3.24. The predicted molar refractivity (Wildman–Crippen MR) is 96.0 cm³/mol. The maximum absolute atomic E-state index is 12.3. The Morgan fingerprint density at radius 1 is 1.31 bits per heavy atom. The van der Waals surface area contributed by atoms with Crippen molar-refractivity contribution in [2.75, 3.05) is 6.54 Å². The summed E-state index contributed by atoms with van der Waals surface area (Å²) in [6.45, 7) is 0.749. The Labute approximate surface area is 149 Å². The molecule has 130 valence electrons. The van der Waals surface area contributed by atoms with E-state index in [9.17, 15) is 14.7 Å². The Balaban J connectivity index is 1.52. The Hall–Kier alpha value is -2.99. The molecule has 3 aliphatic heterocycles. The van der Waals surface area contributed by atoms with Crippen LogP contribution >= 0.6 is 0 Å². The van der Waals surface area contributed by atoms with Gasteiger partial charge in [-0.1, -0.05) is 30.4 Å². The smallest absolute Gasteiger partial charge is 0.352 e. The number of carbonyl (C=O) groups excluding carboxylic acids is 1. The van der Waals surface area contributed by atoms with E-state index in [-0.39, 0.29) is 29.6 Å². The summed E-state index contributed by atoms with van der Waals surface area (Å²) in [6.07, 6.45) is 6.14. The summed E-state index contributed by atoms with van der Waals surface area (Å²) in [5.74, 6) is -0.901. The zero-order chi connectivity index (χ0) is 17.8. The van der Waals surface area contributed by atoms with E-state index in [1.54, 1.807) is 6.20 Å². The number of pyridine rings is 1. The fourth-order valence-corrected chi connectivity index (χ4v) is 4.35. The maximum Gasteiger partial charge on any atom is 0.352 e. The molecule has 6 heteroatoms. The Morgan fingerprint density at radius 3 is 3.00 bits per heavy atom. The van der Waals surface area contributed by atoms with Gasteiger partial charge in [0.05, 0.1) is 11.6 Å². The summed E-state index contributed by atoms with van der Waals surface area (Å²) < 4.78 is 0. The number of nitrogens with zero attached hydrogens (tertiary/aromatic N) is 2. The van der Waals surface area contributed by atoms with E-state index in [1.165, 1.54) is 4.90 Å². The highest BCUT2D eigenvalue weighted by Crippen LogP contribution is 2.43. The summed E-state index contributed by atoms with van der Waals surface area (Å²) in [5.41, 5.74) is 2.65. The van der Waals surface area contributed by atoms with Crippen LogP contribution in [-0.2, 0) is 9.59 Å². The molecule has 2 unspecified atom stereocenters. The number of para-hydroxylation sites is 1. The molecule has 2 saturated heterocycles. The van der Waals surface area contributed by atoms with E-state index in [2.05, 4.69) is 10.3 Å². The van der Waals surface area contributed by atoms with E-state index in [0.717, 1.165) is 23.0 Å². The van der Waals surface area contributed by atoms with Crippen molar-refractivity contribution in [3.8, 4) is 0 Å². The van der Waals surface area contributed by atoms with Crippen LogP contribution in [0, 0.1) is 5.92 Å². The summed E-state index contributed by atoms with van der Waals surface area (Å²) in [6, 6.07) is 9.67. The molecule has 26 heavy (non-hydrogen) atoms. The first-order chi connectivity index (χ1) is 12.6. The van der Waals surface area contributed by atoms with Gasteiger partial charge in [-0.15, -0.1) is 0 Å². The van der Waals surface area contributed by atoms with Gasteiger partial charge >= 0.3 is 5.97 Å². The standard InChI is InChI=1S/C20H17N3O3/c24-19-16-17-14(10-22-16)8-13(18(20(25)26)23(17)19)6-5-11-7-12-3-1-2-4-15(12)21-9-11/h1-7,9,14,16-17,22H,8,10H2,(H,25,26)/t14?,16?,17-/m1/s1. The van der Waals surface area contributed by atoms with E-state index < -0.39 is 5.97 Å². The normalized spacial score (nSPS) is 27.2. The Bertz CT molecular complexity index is 1010. The number of β-lactam (4-membered cyclic amide) rings is 1. The molecule has 0 saturated carbocycles. The monoisotopic (exact) mass is 347 g/mol. The second-order valence-corrected chi connectivity index (χ2v) is 7.02. The third kappa shape index (κ3) is 2.12. The number of hydrogen-bond acceptors (Lipinski definition) is 4. The van der Waals surface area contributed by atoms with Gasteiger partial charge in [0.1, 0.15) is 11.7 Å². The van der Waals surface area contributed by atoms with Gasteiger partial charge in [-0.05, 0) is 35.6 Å². The minimum Gasteiger partial charge on any atom is -0.477 e. The van der Waals surface area contributed by atoms with Crippen molar-refractivity contribution in [3.63, 3.8) is 0 Å². The molecule has 1 amide bonds. The molecular formula is C20H17N3O3. The van der Waals surface area contributed by atoms with Crippen LogP contribution in [0.2, 0.25) is 0 Å². The van der Waals surface area contributed by atoms with Gasteiger partial charge in [-0.3, -0.25) is 14.7 Å². The summed E-state index contributed by atoms with van der Waals surface area (Å²) in [5, 5.41) is 13.9. The molecule has 2 aromatic rings. The number of hydrogen-bond donors (Lipinski definition) is 2. The lowest BCUT2D eigenvalue weighted by molar-refractivity contribution is -0.153. The van der Waals surface area contributed by atoms with E-state index in [4.69, 9.17) is 0 Å². The van der Waals surface area contributed by atoms with Gasteiger partial charge in [-0.2, -0.15) is 0 Å². The fraction of sp³-hybridized carbons (Fsp3) is 0.250. The first-order valence-corrected chi connectivity index (χ1v) is 8.69.